The lowest BCUT2D eigenvalue weighted by Crippen LogP contribution is -2.41. The summed E-state index contributed by atoms with van der Waals surface area (Å²) in [6, 6.07) is 11.6. The molecular formula is C22H24ClN5OS. The van der Waals surface area contributed by atoms with Crippen molar-refractivity contribution in [2.75, 3.05) is 5.75 Å². The van der Waals surface area contributed by atoms with Crippen molar-refractivity contribution in [3.8, 4) is 17.1 Å². The highest BCUT2D eigenvalue weighted by atomic mass is 35.5. The van der Waals surface area contributed by atoms with Crippen molar-refractivity contribution in [3.05, 3.63) is 53.8 Å². The zero-order chi connectivity index (χ0) is 20.9. The van der Waals surface area contributed by atoms with E-state index >= 15 is 0 Å². The summed E-state index contributed by atoms with van der Waals surface area (Å²) in [5.41, 5.74) is 1.74. The molecule has 8 heteroatoms. The third kappa shape index (κ3) is 4.84. The highest BCUT2D eigenvalue weighted by Crippen LogP contribution is 2.29. The second-order valence-electron chi connectivity index (χ2n) is 7.58. The van der Waals surface area contributed by atoms with Gasteiger partial charge >= 0.3 is 0 Å². The molecule has 156 valence electrons. The number of halogens is 1. The van der Waals surface area contributed by atoms with Gasteiger partial charge in [0.15, 0.2) is 11.0 Å². The Morgan fingerprint density at radius 1 is 1.20 bits per heavy atom. The molecule has 1 saturated carbocycles. The van der Waals surface area contributed by atoms with Gasteiger partial charge in [0, 0.05) is 29.0 Å². The topological polar surface area (TPSA) is 72.7 Å². The largest absolute Gasteiger partial charge is 0.352 e. The molecule has 6 nitrogen and oxygen atoms in total. The Morgan fingerprint density at radius 2 is 2.00 bits per heavy atom. The van der Waals surface area contributed by atoms with Crippen molar-refractivity contribution in [1.29, 1.82) is 0 Å². The molecule has 1 N–H and O–H groups in total. The fraction of sp³-hybridized carbons (Fsp3) is 0.364. The standard InChI is InChI=1S/C22H24ClN5OS/c1-15-5-2-3-8-19(15)25-20(29)14-30-22-27-26-21(16-9-11-24-12-10-16)28(22)18-7-4-6-17(23)13-18/h4,6-7,9-13,15,19H,2-3,5,8,14H2,1H3,(H,25,29). The van der Waals surface area contributed by atoms with E-state index in [0.29, 0.717) is 21.9 Å². The highest BCUT2D eigenvalue weighted by molar-refractivity contribution is 7.99. The number of rotatable bonds is 6. The van der Waals surface area contributed by atoms with E-state index in [2.05, 4.69) is 27.4 Å². The summed E-state index contributed by atoms with van der Waals surface area (Å²) in [7, 11) is 0. The maximum absolute atomic E-state index is 12.6. The summed E-state index contributed by atoms with van der Waals surface area (Å²) in [6.07, 6.45) is 8.11. The summed E-state index contributed by atoms with van der Waals surface area (Å²) in [4.78, 5) is 16.7. The molecule has 3 aromatic rings. The monoisotopic (exact) mass is 441 g/mol. The average molecular weight is 442 g/mol. The van der Waals surface area contributed by atoms with E-state index in [1.165, 1.54) is 31.0 Å². The molecule has 2 unspecified atom stereocenters. The maximum Gasteiger partial charge on any atom is 0.230 e. The third-order valence-corrected chi connectivity index (χ3v) is 6.59. The van der Waals surface area contributed by atoms with Crippen LogP contribution in [0.15, 0.2) is 53.9 Å². The molecule has 2 aromatic heterocycles. The van der Waals surface area contributed by atoms with Gasteiger partial charge in [-0.3, -0.25) is 14.3 Å². The van der Waals surface area contributed by atoms with Crippen molar-refractivity contribution < 1.29 is 4.79 Å². The van der Waals surface area contributed by atoms with E-state index in [4.69, 9.17) is 11.6 Å². The number of hydrogen-bond donors (Lipinski definition) is 1. The van der Waals surface area contributed by atoms with Crippen LogP contribution in [-0.2, 0) is 4.79 Å². The molecule has 1 aliphatic rings. The lowest BCUT2D eigenvalue weighted by Gasteiger charge is -2.29. The van der Waals surface area contributed by atoms with Crippen LogP contribution >= 0.6 is 23.4 Å². The molecule has 1 amide bonds. The predicted molar refractivity (Wildman–Crippen MR) is 120 cm³/mol. The van der Waals surface area contributed by atoms with Crippen molar-refractivity contribution in [3.63, 3.8) is 0 Å². The van der Waals surface area contributed by atoms with Crippen molar-refractivity contribution in [2.45, 2.75) is 43.8 Å². The van der Waals surface area contributed by atoms with Crippen LogP contribution in [0.4, 0.5) is 0 Å². The van der Waals surface area contributed by atoms with Gasteiger partial charge in [-0.25, -0.2) is 0 Å². The number of carbonyl (C=O) groups is 1. The van der Waals surface area contributed by atoms with Gasteiger partial charge < -0.3 is 5.32 Å². The molecule has 0 radical (unpaired) electrons. The van der Waals surface area contributed by atoms with Crippen molar-refractivity contribution in [1.82, 2.24) is 25.1 Å². The SMILES string of the molecule is CC1CCCCC1NC(=O)CSc1nnc(-c2ccncc2)n1-c1cccc(Cl)c1. The fourth-order valence-electron chi connectivity index (χ4n) is 3.81. The van der Waals surface area contributed by atoms with Crippen LogP contribution in [0.1, 0.15) is 32.6 Å². The molecular weight excluding hydrogens is 418 g/mol. The Bertz CT molecular complexity index is 1010. The average Bonchev–Trinajstić information content (AvgIpc) is 3.18. The number of aromatic nitrogens is 4. The molecule has 1 fully saturated rings. The van der Waals surface area contributed by atoms with Gasteiger partial charge in [0.25, 0.3) is 0 Å². The molecule has 4 rings (SSSR count). The maximum atomic E-state index is 12.6. The minimum Gasteiger partial charge on any atom is -0.352 e. The first-order valence-corrected chi connectivity index (χ1v) is 11.5. The molecule has 30 heavy (non-hydrogen) atoms. The van der Waals surface area contributed by atoms with Crippen LogP contribution in [0, 0.1) is 5.92 Å². The Hall–Kier alpha value is -2.38. The number of thioether (sulfide) groups is 1. The van der Waals surface area contributed by atoms with Gasteiger partial charge in [0.1, 0.15) is 0 Å². The number of hydrogen-bond acceptors (Lipinski definition) is 5. The van der Waals surface area contributed by atoms with Gasteiger partial charge in [-0.15, -0.1) is 10.2 Å². The fourth-order valence-corrected chi connectivity index (χ4v) is 4.76. The summed E-state index contributed by atoms with van der Waals surface area (Å²) >= 11 is 7.61. The Morgan fingerprint density at radius 3 is 2.77 bits per heavy atom. The summed E-state index contributed by atoms with van der Waals surface area (Å²) in [5.74, 6) is 1.53. The van der Waals surface area contributed by atoms with Crippen LogP contribution in [0.5, 0.6) is 0 Å². The van der Waals surface area contributed by atoms with Gasteiger partial charge in [-0.05, 0) is 49.1 Å². The zero-order valence-corrected chi connectivity index (χ0v) is 18.4. The van der Waals surface area contributed by atoms with E-state index in [1.807, 2.05) is 41.0 Å². The molecule has 0 bridgehead atoms. The number of nitrogens with one attached hydrogen (secondary N) is 1. The smallest absolute Gasteiger partial charge is 0.230 e. The number of benzene rings is 1. The Labute approximate surface area is 185 Å². The van der Waals surface area contributed by atoms with Crippen LogP contribution in [0.3, 0.4) is 0 Å². The highest BCUT2D eigenvalue weighted by Gasteiger charge is 2.23. The lowest BCUT2D eigenvalue weighted by molar-refractivity contribution is -0.119. The molecule has 0 spiro atoms. The van der Waals surface area contributed by atoms with Crippen molar-refractivity contribution in [2.24, 2.45) is 5.92 Å². The molecule has 2 atom stereocenters. The first-order valence-electron chi connectivity index (χ1n) is 10.2. The lowest BCUT2D eigenvalue weighted by atomic mass is 9.86. The van der Waals surface area contributed by atoms with Gasteiger partial charge in [0.2, 0.25) is 5.91 Å². The first-order chi connectivity index (χ1) is 14.6. The summed E-state index contributed by atoms with van der Waals surface area (Å²) < 4.78 is 1.93. The van der Waals surface area contributed by atoms with E-state index in [0.717, 1.165) is 17.7 Å². The van der Waals surface area contributed by atoms with Crippen LogP contribution in [0.25, 0.3) is 17.1 Å². The summed E-state index contributed by atoms with van der Waals surface area (Å²) in [6.45, 7) is 2.22. The predicted octanol–water partition coefficient (Wildman–Crippen LogP) is 4.77. The minimum atomic E-state index is 0.0323. The van der Waals surface area contributed by atoms with E-state index < -0.39 is 0 Å². The number of pyridine rings is 1. The van der Waals surface area contributed by atoms with E-state index in [-0.39, 0.29) is 17.7 Å². The zero-order valence-electron chi connectivity index (χ0n) is 16.8. The van der Waals surface area contributed by atoms with Crippen LogP contribution in [-0.4, -0.2) is 37.5 Å². The quantitative estimate of drug-likeness (QED) is 0.558. The van der Waals surface area contributed by atoms with Gasteiger partial charge in [0.05, 0.1) is 11.4 Å². The molecule has 1 aromatic carbocycles. The van der Waals surface area contributed by atoms with Gasteiger partial charge in [-0.2, -0.15) is 0 Å². The number of carbonyl (C=O) groups excluding carboxylic acids is 1. The third-order valence-electron chi connectivity index (χ3n) is 5.43. The Kier molecular flexibility index (Phi) is 6.69. The van der Waals surface area contributed by atoms with Crippen molar-refractivity contribution >= 4 is 29.3 Å². The van der Waals surface area contributed by atoms with Crippen LogP contribution < -0.4 is 5.32 Å². The molecule has 0 saturated heterocycles. The molecule has 2 heterocycles. The second kappa shape index (κ2) is 9.62. The number of nitrogens with zero attached hydrogens (tertiary/aromatic N) is 4. The van der Waals surface area contributed by atoms with E-state index in [1.54, 1.807) is 12.4 Å². The second-order valence-corrected chi connectivity index (χ2v) is 8.96. The Balaban J connectivity index is 1.56. The van der Waals surface area contributed by atoms with E-state index in [9.17, 15) is 4.79 Å². The van der Waals surface area contributed by atoms with Crippen LogP contribution in [0.2, 0.25) is 5.02 Å². The summed E-state index contributed by atoms with van der Waals surface area (Å²) in [5, 5.41) is 13.2. The first kappa shape index (κ1) is 20.9. The normalized spacial score (nSPS) is 18.9. The van der Waals surface area contributed by atoms with Gasteiger partial charge in [-0.1, -0.05) is 49.2 Å². The minimum absolute atomic E-state index is 0.0323. The number of amides is 1. The molecule has 0 aliphatic heterocycles. The molecule has 1 aliphatic carbocycles.